The summed E-state index contributed by atoms with van der Waals surface area (Å²) < 4.78 is 7.98. The fraction of sp³-hybridized carbons (Fsp3) is 0.261. The monoisotopic (exact) mass is 400 g/mol. The van der Waals surface area contributed by atoms with Crippen molar-refractivity contribution < 1.29 is 4.42 Å². The van der Waals surface area contributed by atoms with Gasteiger partial charge in [-0.25, -0.2) is 9.97 Å². The molecule has 0 unspecified atom stereocenters. The molecule has 0 saturated carbocycles. The zero-order valence-corrected chi connectivity index (χ0v) is 17.0. The third kappa shape index (κ3) is 3.97. The van der Waals surface area contributed by atoms with Crippen LogP contribution in [-0.2, 0) is 26.2 Å². The average Bonchev–Trinajstić information content (AvgIpc) is 3.39. The fourth-order valence-electron chi connectivity index (χ4n) is 3.88. The number of rotatable bonds is 6. The molecular weight excluding hydrogens is 376 g/mol. The summed E-state index contributed by atoms with van der Waals surface area (Å²) in [6.45, 7) is 6.21. The molecule has 1 N–H and O–H groups in total. The summed E-state index contributed by atoms with van der Waals surface area (Å²) >= 11 is 0. The summed E-state index contributed by atoms with van der Waals surface area (Å²) in [5.74, 6) is 2.49. The summed E-state index contributed by atoms with van der Waals surface area (Å²) in [7, 11) is 0. The Kier molecular flexibility index (Phi) is 5.03. The minimum absolute atomic E-state index is 0.616. The maximum Gasteiger partial charge on any atom is 0.222 e. The van der Waals surface area contributed by atoms with Crippen LogP contribution < -0.4 is 5.32 Å². The van der Waals surface area contributed by atoms with Crippen molar-refractivity contribution in [2.45, 2.75) is 33.1 Å². The van der Waals surface area contributed by atoms with Gasteiger partial charge in [0.15, 0.2) is 0 Å². The van der Waals surface area contributed by atoms with Crippen LogP contribution >= 0.6 is 0 Å². The van der Waals surface area contributed by atoms with Crippen molar-refractivity contribution in [3.8, 4) is 11.3 Å². The van der Waals surface area contributed by atoms with Gasteiger partial charge in [-0.3, -0.25) is 9.58 Å². The number of furan rings is 1. The predicted octanol–water partition coefficient (Wildman–Crippen LogP) is 3.87. The van der Waals surface area contributed by atoms with Gasteiger partial charge < -0.3 is 9.73 Å². The number of aromatic nitrogens is 4. The van der Waals surface area contributed by atoms with Crippen molar-refractivity contribution in [2.75, 3.05) is 11.9 Å². The van der Waals surface area contributed by atoms with Crippen LogP contribution in [0.1, 0.15) is 22.7 Å². The number of hydrogen-bond acceptors (Lipinski definition) is 6. The van der Waals surface area contributed by atoms with Gasteiger partial charge in [0, 0.05) is 37.6 Å². The average molecular weight is 400 g/mol. The van der Waals surface area contributed by atoms with Crippen LogP contribution in [0.3, 0.4) is 0 Å². The molecule has 0 aliphatic carbocycles. The quantitative estimate of drug-likeness (QED) is 0.530. The number of aryl methyl sites for hydroxylation is 1. The van der Waals surface area contributed by atoms with E-state index in [4.69, 9.17) is 9.52 Å². The Morgan fingerprint density at radius 2 is 1.90 bits per heavy atom. The molecule has 4 heterocycles. The molecule has 0 fully saturated rings. The number of anilines is 1. The Morgan fingerprint density at radius 1 is 1.03 bits per heavy atom. The lowest BCUT2D eigenvalue weighted by molar-refractivity contribution is 0.205. The minimum Gasteiger partial charge on any atom is -0.461 e. The van der Waals surface area contributed by atoms with Crippen molar-refractivity contribution in [2.24, 2.45) is 0 Å². The zero-order valence-electron chi connectivity index (χ0n) is 17.0. The smallest absolute Gasteiger partial charge is 0.222 e. The summed E-state index contributed by atoms with van der Waals surface area (Å²) in [5.41, 5.74) is 4.68. The Labute approximate surface area is 175 Å². The zero-order chi connectivity index (χ0) is 20.3. The lowest BCUT2D eigenvalue weighted by Gasteiger charge is -2.28. The molecule has 1 aliphatic rings. The highest BCUT2D eigenvalue weighted by atomic mass is 16.3. The van der Waals surface area contributed by atoms with Crippen LogP contribution in [-0.4, -0.2) is 31.2 Å². The van der Waals surface area contributed by atoms with E-state index in [1.807, 2.05) is 13.0 Å². The number of fused-ring (bicyclic) bond motifs is 1. The van der Waals surface area contributed by atoms with Gasteiger partial charge in [-0.2, -0.15) is 5.10 Å². The maximum atomic E-state index is 5.87. The molecule has 7 heteroatoms. The van der Waals surface area contributed by atoms with Gasteiger partial charge in [-0.1, -0.05) is 24.3 Å². The molecule has 1 aromatic carbocycles. The Morgan fingerprint density at radius 3 is 2.73 bits per heavy atom. The molecule has 0 saturated heterocycles. The van der Waals surface area contributed by atoms with E-state index in [9.17, 15) is 0 Å². The van der Waals surface area contributed by atoms with Crippen LogP contribution in [0.15, 0.2) is 65.3 Å². The van der Waals surface area contributed by atoms with Gasteiger partial charge in [-0.15, -0.1) is 0 Å². The Balaban J connectivity index is 1.27. The first kappa shape index (κ1) is 18.6. The first-order chi connectivity index (χ1) is 14.7. The fourth-order valence-corrected chi connectivity index (χ4v) is 3.88. The van der Waals surface area contributed by atoms with Gasteiger partial charge in [0.2, 0.25) is 5.95 Å². The van der Waals surface area contributed by atoms with Crippen molar-refractivity contribution in [3.63, 3.8) is 0 Å². The second-order valence-electron chi connectivity index (χ2n) is 7.55. The van der Waals surface area contributed by atoms with Gasteiger partial charge >= 0.3 is 0 Å². The lowest BCUT2D eigenvalue weighted by atomic mass is 10.0. The first-order valence-electron chi connectivity index (χ1n) is 10.2. The maximum absolute atomic E-state index is 5.87. The first-order valence-corrected chi connectivity index (χ1v) is 10.2. The predicted molar refractivity (Wildman–Crippen MR) is 115 cm³/mol. The molecule has 0 radical (unpaired) electrons. The van der Waals surface area contributed by atoms with Crippen molar-refractivity contribution in [1.29, 1.82) is 0 Å². The van der Waals surface area contributed by atoms with Crippen molar-refractivity contribution in [3.05, 3.63) is 83.6 Å². The normalized spacial score (nSPS) is 13.9. The molecule has 0 amide bonds. The summed E-state index contributed by atoms with van der Waals surface area (Å²) in [4.78, 5) is 10.9. The molecule has 5 rings (SSSR count). The highest BCUT2D eigenvalue weighted by molar-refractivity contribution is 5.62. The molecule has 0 atom stereocenters. The van der Waals surface area contributed by atoms with Crippen molar-refractivity contribution >= 4 is 5.95 Å². The van der Waals surface area contributed by atoms with Crippen LogP contribution in [0.5, 0.6) is 0 Å². The van der Waals surface area contributed by atoms with E-state index in [1.54, 1.807) is 18.5 Å². The Hall–Kier alpha value is -3.45. The summed E-state index contributed by atoms with van der Waals surface area (Å²) in [6.07, 6.45) is 3.46. The van der Waals surface area contributed by atoms with E-state index < -0.39 is 0 Å². The largest absolute Gasteiger partial charge is 0.461 e. The lowest BCUT2D eigenvalue weighted by Crippen LogP contribution is -2.33. The second kappa shape index (κ2) is 8.12. The molecule has 1 aliphatic heterocycles. The van der Waals surface area contributed by atoms with E-state index in [0.717, 1.165) is 49.0 Å². The number of benzene rings is 1. The minimum atomic E-state index is 0.616. The molecule has 30 heavy (non-hydrogen) atoms. The second-order valence-corrected chi connectivity index (χ2v) is 7.55. The molecule has 3 aromatic heterocycles. The molecule has 0 spiro atoms. The van der Waals surface area contributed by atoms with E-state index in [-0.39, 0.29) is 0 Å². The summed E-state index contributed by atoms with van der Waals surface area (Å²) in [6, 6.07) is 16.5. The third-order valence-electron chi connectivity index (χ3n) is 5.34. The third-order valence-corrected chi connectivity index (χ3v) is 5.34. The van der Waals surface area contributed by atoms with Crippen LogP contribution in [0.2, 0.25) is 0 Å². The molecule has 7 nitrogen and oxygen atoms in total. The van der Waals surface area contributed by atoms with Crippen LogP contribution in [0.25, 0.3) is 11.3 Å². The van der Waals surface area contributed by atoms with Gasteiger partial charge in [0.25, 0.3) is 0 Å². The number of hydrogen-bond donors (Lipinski definition) is 1. The number of nitrogens with one attached hydrogen (secondary N) is 1. The van der Waals surface area contributed by atoms with Gasteiger partial charge in [0.05, 0.1) is 24.5 Å². The highest BCUT2D eigenvalue weighted by Gasteiger charge is 2.20. The van der Waals surface area contributed by atoms with Crippen LogP contribution in [0, 0.1) is 6.92 Å². The highest BCUT2D eigenvalue weighted by Crippen LogP contribution is 2.27. The van der Waals surface area contributed by atoms with Gasteiger partial charge in [-0.05, 0) is 36.8 Å². The molecule has 0 bridgehead atoms. The number of nitrogens with zero attached hydrogens (tertiary/aromatic N) is 5. The van der Waals surface area contributed by atoms with E-state index in [0.29, 0.717) is 12.5 Å². The molecule has 152 valence electrons. The van der Waals surface area contributed by atoms with E-state index >= 15 is 0 Å². The SMILES string of the molecule is Cc1ccc(-c2ccccc2CN2CCn3nc(CNc4ncccn4)cc3C2)o1. The van der Waals surface area contributed by atoms with Crippen molar-refractivity contribution in [1.82, 2.24) is 24.6 Å². The molecule has 4 aromatic rings. The molecular formula is C23H24N6O. The standard InChI is InChI=1S/C23H24N6O/c1-17-7-8-22(30-17)21-6-3-2-5-18(21)15-28-11-12-29-20(16-28)13-19(27-29)14-26-23-24-9-4-10-25-23/h2-10,13H,11-12,14-16H2,1H3,(H,24,25,26). The Bertz CT molecular complexity index is 1130. The van der Waals surface area contributed by atoms with E-state index in [2.05, 4.69) is 61.3 Å². The van der Waals surface area contributed by atoms with E-state index in [1.165, 1.54) is 11.3 Å². The van der Waals surface area contributed by atoms with Gasteiger partial charge in [0.1, 0.15) is 11.5 Å². The topological polar surface area (TPSA) is 72.0 Å². The summed E-state index contributed by atoms with van der Waals surface area (Å²) in [5, 5.41) is 7.96. The van der Waals surface area contributed by atoms with Crippen LogP contribution in [0.4, 0.5) is 5.95 Å².